The fraction of sp³-hybridized carbons (Fsp3) is 0.300. The Bertz CT molecular complexity index is 827. The number of aryl methyl sites for hydroxylation is 1. The predicted molar refractivity (Wildman–Crippen MR) is 119 cm³/mol. The molecule has 0 unspecified atom stereocenters. The van der Waals surface area contributed by atoms with Gasteiger partial charge in [0.05, 0.1) is 11.0 Å². The molecule has 0 saturated carbocycles. The van der Waals surface area contributed by atoms with Gasteiger partial charge in [-0.15, -0.1) is 24.0 Å². The van der Waals surface area contributed by atoms with Gasteiger partial charge in [0, 0.05) is 26.6 Å². The average Bonchev–Trinajstić information content (AvgIpc) is 3.08. The molecule has 1 heterocycles. The predicted octanol–water partition coefficient (Wildman–Crippen LogP) is 3.66. The molecule has 0 fully saturated rings. The van der Waals surface area contributed by atoms with Crippen LogP contribution in [0.4, 0.5) is 4.39 Å². The van der Waals surface area contributed by atoms with Crippen LogP contribution in [0.5, 0.6) is 0 Å². The lowest BCUT2D eigenvalue weighted by Crippen LogP contribution is -2.38. The number of halogens is 2. The van der Waals surface area contributed by atoms with E-state index >= 15 is 0 Å². The number of hydrogen-bond acceptors (Lipinski definition) is 2. The normalized spacial score (nSPS) is 11.3. The number of aromatic amines is 1. The minimum absolute atomic E-state index is 0. The summed E-state index contributed by atoms with van der Waals surface area (Å²) < 4.78 is 12.9. The van der Waals surface area contributed by atoms with Crippen molar-refractivity contribution in [2.75, 3.05) is 20.1 Å². The minimum Gasteiger partial charge on any atom is -0.356 e. The molecule has 0 atom stereocenters. The van der Waals surface area contributed by atoms with Crippen molar-refractivity contribution in [2.24, 2.45) is 4.99 Å². The van der Waals surface area contributed by atoms with Crippen molar-refractivity contribution >= 4 is 41.0 Å². The van der Waals surface area contributed by atoms with E-state index in [1.54, 1.807) is 19.2 Å². The quantitative estimate of drug-likeness (QED) is 0.209. The van der Waals surface area contributed by atoms with Crippen molar-refractivity contribution in [3.63, 3.8) is 0 Å². The van der Waals surface area contributed by atoms with Crippen LogP contribution in [0.1, 0.15) is 17.8 Å². The molecule has 3 rings (SSSR count). The molecule has 0 spiro atoms. The van der Waals surface area contributed by atoms with E-state index in [1.165, 1.54) is 12.1 Å². The van der Waals surface area contributed by atoms with E-state index < -0.39 is 0 Å². The van der Waals surface area contributed by atoms with Gasteiger partial charge in [0.15, 0.2) is 5.96 Å². The maximum absolute atomic E-state index is 12.9. The zero-order chi connectivity index (χ0) is 18.2. The van der Waals surface area contributed by atoms with E-state index in [0.717, 1.165) is 60.7 Å². The molecule has 0 aliphatic rings. The van der Waals surface area contributed by atoms with Crippen LogP contribution in [0.15, 0.2) is 53.5 Å². The molecule has 1 aromatic heterocycles. The van der Waals surface area contributed by atoms with Gasteiger partial charge in [-0.05, 0) is 42.7 Å². The summed E-state index contributed by atoms with van der Waals surface area (Å²) in [6.07, 6.45) is 2.66. The number of rotatable bonds is 7. The Morgan fingerprint density at radius 1 is 1.04 bits per heavy atom. The standard InChI is InChI=1S/C20H24FN5.HI/c1-22-20(24-14-12-15-8-10-16(21)11-9-15)23-13-4-7-19-25-17-5-2-3-6-18(17)26-19;/h2-3,5-6,8-11H,4,7,12-14H2,1H3,(H,25,26)(H2,22,23,24);1H. The molecule has 144 valence electrons. The fourth-order valence-corrected chi connectivity index (χ4v) is 2.78. The Hall–Kier alpha value is -2.16. The van der Waals surface area contributed by atoms with Gasteiger partial charge in [-0.2, -0.15) is 0 Å². The molecule has 0 bridgehead atoms. The molecular formula is C20H25FIN5. The summed E-state index contributed by atoms with van der Waals surface area (Å²) in [4.78, 5) is 12.1. The maximum Gasteiger partial charge on any atom is 0.190 e. The van der Waals surface area contributed by atoms with E-state index in [2.05, 4.69) is 25.6 Å². The van der Waals surface area contributed by atoms with Crippen LogP contribution in [0.3, 0.4) is 0 Å². The fourth-order valence-electron chi connectivity index (χ4n) is 2.78. The van der Waals surface area contributed by atoms with Crippen molar-refractivity contribution in [1.82, 2.24) is 20.6 Å². The first-order valence-corrected chi connectivity index (χ1v) is 8.87. The molecule has 27 heavy (non-hydrogen) atoms. The third-order valence-corrected chi connectivity index (χ3v) is 4.16. The van der Waals surface area contributed by atoms with Gasteiger partial charge in [-0.25, -0.2) is 9.37 Å². The Labute approximate surface area is 175 Å². The van der Waals surface area contributed by atoms with Gasteiger partial charge in [0.25, 0.3) is 0 Å². The minimum atomic E-state index is -0.205. The number of fused-ring (bicyclic) bond motifs is 1. The number of guanidine groups is 1. The van der Waals surface area contributed by atoms with Crippen LogP contribution in [-0.2, 0) is 12.8 Å². The molecule has 0 amide bonds. The highest BCUT2D eigenvalue weighted by Crippen LogP contribution is 2.11. The first kappa shape index (κ1) is 21.1. The molecule has 3 N–H and O–H groups in total. The lowest BCUT2D eigenvalue weighted by molar-refractivity contribution is 0.626. The Balaban J connectivity index is 0.00000261. The molecule has 2 aromatic carbocycles. The van der Waals surface area contributed by atoms with Crippen LogP contribution in [0.2, 0.25) is 0 Å². The van der Waals surface area contributed by atoms with Crippen molar-refractivity contribution in [2.45, 2.75) is 19.3 Å². The van der Waals surface area contributed by atoms with Crippen LogP contribution in [0.25, 0.3) is 11.0 Å². The molecule has 5 nitrogen and oxygen atoms in total. The van der Waals surface area contributed by atoms with Gasteiger partial charge in [0.2, 0.25) is 0 Å². The number of imidazole rings is 1. The number of benzene rings is 2. The van der Waals surface area contributed by atoms with Gasteiger partial charge >= 0.3 is 0 Å². The smallest absolute Gasteiger partial charge is 0.190 e. The Morgan fingerprint density at radius 3 is 2.52 bits per heavy atom. The van der Waals surface area contributed by atoms with Crippen LogP contribution >= 0.6 is 24.0 Å². The second-order valence-electron chi connectivity index (χ2n) is 6.11. The molecule has 0 radical (unpaired) electrons. The third-order valence-electron chi connectivity index (χ3n) is 4.16. The highest BCUT2D eigenvalue weighted by atomic mass is 127. The van der Waals surface area contributed by atoms with E-state index in [0.29, 0.717) is 0 Å². The van der Waals surface area contributed by atoms with Crippen LogP contribution < -0.4 is 10.6 Å². The zero-order valence-corrected chi connectivity index (χ0v) is 17.7. The van der Waals surface area contributed by atoms with E-state index in [-0.39, 0.29) is 29.8 Å². The van der Waals surface area contributed by atoms with Crippen LogP contribution in [-0.4, -0.2) is 36.1 Å². The van der Waals surface area contributed by atoms with Crippen molar-refractivity contribution in [1.29, 1.82) is 0 Å². The number of H-pyrrole nitrogens is 1. The number of aromatic nitrogens is 2. The molecule has 7 heteroatoms. The second-order valence-corrected chi connectivity index (χ2v) is 6.11. The summed E-state index contributed by atoms with van der Waals surface area (Å²) >= 11 is 0. The molecule has 0 aliphatic heterocycles. The largest absolute Gasteiger partial charge is 0.356 e. The van der Waals surface area contributed by atoms with Gasteiger partial charge in [-0.3, -0.25) is 4.99 Å². The van der Waals surface area contributed by atoms with E-state index in [4.69, 9.17) is 0 Å². The summed E-state index contributed by atoms with van der Waals surface area (Å²) in [6, 6.07) is 14.6. The third kappa shape index (κ3) is 6.50. The molecule has 3 aromatic rings. The van der Waals surface area contributed by atoms with Crippen LogP contribution in [0, 0.1) is 5.82 Å². The number of nitrogens with zero attached hydrogens (tertiary/aromatic N) is 2. The van der Waals surface area contributed by atoms with Crippen molar-refractivity contribution < 1.29 is 4.39 Å². The van der Waals surface area contributed by atoms with E-state index in [1.807, 2.05) is 24.3 Å². The number of aliphatic imine (C=N–C) groups is 1. The summed E-state index contributed by atoms with van der Waals surface area (Å²) in [6.45, 7) is 1.56. The Morgan fingerprint density at radius 2 is 1.78 bits per heavy atom. The number of nitrogens with one attached hydrogen (secondary N) is 3. The highest BCUT2D eigenvalue weighted by molar-refractivity contribution is 14.0. The first-order chi connectivity index (χ1) is 12.7. The first-order valence-electron chi connectivity index (χ1n) is 8.87. The molecule has 0 saturated heterocycles. The Kier molecular flexibility index (Phi) is 8.50. The maximum atomic E-state index is 12.9. The van der Waals surface area contributed by atoms with Gasteiger partial charge < -0.3 is 15.6 Å². The molecule has 0 aliphatic carbocycles. The summed E-state index contributed by atoms with van der Waals surface area (Å²) in [7, 11) is 1.76. The zero-order valence-electron chi connectivity index (χ0n) is 15.3. The topological polar surface area (TPSA) is 65.1 Å². The SMILES string of the molecule is CN=C(NCCCc1nc2ccccc2[nH]1)NCCc1ccc(F)cc1.I. The van der Waals surface area contributed by atoms with Crippen molar-refractivity contribution in [3.8, 4) is 0 Å². The summed E-state index contributed by atoms with van der Waals surface area (Å²) in [5.41, 5.74) is 3.18. The lowest BCUT2D eigenvalue weighted by Gasteiger charge is -2.11. The number of para-hydroxylation sites is 2. The van der Waals surface area contributed by atoms with E-state index in [9.17, 15) is 4.39 Å². The summed E-state index contributed by atoms with van der Waals surface area (Å²) in [5, 5.41) is 6.58. The highest BCUT2D eigenvalue weighted by Gasteiger charge is 2.02. The van der Waals surface area contributed by atoms with Gasteiger partial charge in [0.1, 0.15) is 11.6 Å². The monoisotopic (exact) mass is 481 g/mol. The lowest BCUT2D eigenvalue weighted by atomic mass is 10.1. The number of hydrogen-bond donors (Lipinski definition) is 3. The second kappa shape index (κ2) is 10.9. The summed E-state index contributed by atoms with van der Waals surface area (Å²) in [5.74, 6) is 1.58. The van der Waals surface area contributed by atoms with Crippen molar-refractivity contribution in [3.05, 3.63) is 65.7 Å². The van der Waals surface area contributed by atoms with Gasteiger partial charge in [-0.1, -0.05) is 24.3 Å². The average molecular weight is 481 g/mol. The molecular weight excluding hydrogens is 456 g/mol.